The lowest BCUT2D eigenvalue weighted by Gasteiger charge is -2.19. The third-order valence-corrected chi connectivity index (χ3v) is 4.77. The van der Waals surface area contributed by atoms with Crippen LogP contribution in [0.1, 0.15) is 29.2 Å². The first-order valence-electron chi connectivity index (χ1n) is 8.87. The highest BCUT2D eigenvalue weighted by Crippen LogP contribution is 2.27. The standard InChI is InChI=1S/C22H16ClFN2O3/c23-15-12-14(10-11-16(15)24)20(27)21(28)26-19(13-6-2-1-3-7-13)22-25-17-8-4-5-9-18(17)29-22/h1-12,19-20,27H,(H,26,28). The number of aliphatic hydroxyl groups is 1. The minimum Gasteiger partial charge on any atom is -0.438 e. The van der Waals surface area contributed by atoms with Gasteiger partial charge in [0.1, 0.15) is 17.4 Å². The van der Waals surface area contributed by atoms with Gasteiger partial charge in [-0.25, -0.2) is 9.37 Å². The number of aromatic nitrogens is 1. The van der Waals surface area contributed by atoms with Gasteiger partial charge >= 0.3 is 0 Å². The molecule has 0 bridgehead atoms. The van der Waals surface area contributed by atoms with Crippen LogP contribution in [-0.4, -0.2) is 16.0 Å². The van der Waals surface area contributed by atoms with Crippen molar-refractivity contribution >= 4 is 28.6 Å². The summed E-state index contributed by atoms with van der Waals surface area (Å²) in [5, 5.41) is 13.0. The molecule has 0 radical (unpaired) electrons. The molecule has 4 aromatic rings. The van der Waals surface area contributed by atoms with E-state index in [0.717, 1.165) is 11.6 Å². The number of halogens is 2. The molecule has 0 spiro atoms. The highest BCUT2D eigenvalue weighted by atomic mass is 35.5. The fourth-order valence-corrected chi connectivity index (χ4v) is 3.19. The first-order valence-corrected chi connectivity index (χ1v) is 9.24. The molecule has 7 heteroatoms. The molecule has 1 aromatic heterocycles. The maximum atomic E-state index is 13.4. The molecule has 4 rings (SSSR count). The number of hydrogen-bond acceptors (Lipinski definition) is 4. The number of carbonyl (C=O) groups excluding carboxylic acids is 1. The van der Waals surface area contributed by atoms with Crippen LogP contribution in [0.2, 0.25) is 5.02 Å². The number of aliphatic hydroxyl groups excluding tert-OH is 1. The average Bonchev–Trinajstić information content (AvgIpc) is 3.17. The van der Waals surface area contributed by atoms with Crippen LogP contribution in [0, 0.1) is 5.82 Å². The lowest BCUT2D eigenvalue weighted by molar-refractivity contribution is -0.130. The molecule has 29 heavy (non-hydrogen) atoms. The third kappa shape index (κ3) is 3.99. The zero-order valence-corrected chi connectivity index (χ0v) is 15.8. The molecule has 0 aliphatic rings. The number of rotatable bonds is 5. The molecular formula is C22H16ClFN2O3. The van der Waals surface area contributed by atoms with Crippen LogP contribution in [0.3, 0.4) is 0 Å². The third-order valence-electron chi connectivity index (χ3n) is 4.48. The molecule has 3 aromatic carbocycles. The molecule has 0 saturated carbocycles. The Bertz CT molecular complexity index is 1130. The summed E-state index contributed by atoms with van der Waals surface area (Å²) in [7, 11) is 0. The van der Waals surface area contributed by atoms with Crippen molar-refractivity contribution in [2.45, 2.75) is 12.1 Å². The number of benzene rings is 3. The van der Waals surface area contributed by atoms with E-state index in [-0.39, 0.29) is 16.5 Å². The summed E-state index contributed by atoms with van der Waals surface area (Å²) in [6.45, 7) is 0. The lowest BCUT2D eigenvalue weighted by atomic mass is 10.0. The van der Waals surface area contributed by atoms with E-state index in [4.69, 9.17) is 16.0 Å². The Morgan fingerprint density at radius 2 is 1.76 bits per heavy atom. The molecule has 0 aliphatic carbocycles. The number of nitrogens with zero attached hydrogens (tertiary/aromatic N) is 1. The molecule has 0 aliphatic heterocycles. The van der Waals surface area contributed by atoms with Crippen LogP contribution in [0.5, 0.6) is 0 Å². The van der Waals surface area contributed by atoms with Gasteiger partial charge in [0.05, 0.1) is 5.02 Å². The Morgan fingerprint density at radius 1 is 1.03 bits per heavy atom. The van der Waals surface area contributed by atoms with Crippen LogP contribution in [-0.2, 0) is 4.79 Å². The molecule has 1 amide bonds. The number of carbonyl (C=O) groups is 1. The van der Waals surface area contributed by atoms with Crippen LogP contribution in [0.25, 0.3) is 11.1 Å². The maximum absolute atomic E-state index is 13.4. The Morgan fingerprint density at radius 3 is 2.48 bits per heavy atom. The molecular weight excluding hydrogens is 395 g/mol. The Kier molecular flexibility index (Phi) is 5.29. The van der Waals surface area contributed by atoms with Crippen molar-refractivity contribution in [3.63, 3.8) is 0 Å². The summed E-state index contributed by atoms with van der Waals surface area (Å²) in [4.78, 5) is 17.2. The first-order chi connectivity index (χ1) is 14.0. The second kappa shape index (κ2) is 8.03. The van der Waals surface area contributed by atoms with E-state index in [1.807, 2.05) is 48.5 Å². The molecule has 2 N–H and O–H groups in total. The second-order valence-corrected chi connectivity index (χ2v) is 6.86. The average molecular weight is 411 g/mol. The summed E-state index contributed by atoms with van der Waals surface area (Å²) >= 11 is 5.76. The van der Waals surface area contributed by atoms with Crippen molar-refractivity contribution in [2.75, 3.05) is 0 Å². The number of fused-ring (bicyclic) bond motifs is 1. The quantitative estimate of drug-likeness (QED) is 0.505. The fourth-order valence-electron chi connectivity index (χ4n) is 3.00. The van der Waals surface area contributed by atoms with Gasteiger partial charge in [0.25, 0.3) is 5.91 Å². The van der Waals surface area contributed by atoms with Gasteiger partial charge in [-0.2, -0.15) is 0 Å². The predicted octanol–water partition coefficient (Wildman–Crippen LogP) is 4.56. The summed E-state index contributed by atoms with van der Waals surface area (Å²) in [5.41, 5.74) is 2.15. The van der Waals surface area contributed by atoms with Crippen LogP contribution < -0.4 is 5.32 Å². The lowest BCUT2D eigenvalue weighted by Crippen LogP contribution is -2.33. The molecule has 0 saturated heterocycles. The minimum atomic E-state index is -1.54. The number of hydrogen-bond donors (Lipinski definition) is 2. The molecule has 0 fully saturated rings. The van der Waals surface area contributed by atoms with E-state index in [2.05, 4.69) is 10.3 Å². The van der Waals surface area contributed by atoms with E-state index in [0.29, 0.717) is 11.1 Å². The summed E-state index contributed by atoms with van der Waals surface area (Å²) in [6, 6.07) is 19.3. The van der Waals surface area contributed by atoms with Gasteiger partial charge in [0.15, 0.2) is 11.7 Å². The zero-order chi connectivity index (χ0) is 20.4. The smallest absolute Gasteiger partial charge is 0.254 e. The zero-order valence-electron chi connectivity index (χ0n) is 15.0. The van der Waals surface area contributed by atoms with Crippen molar-refractivity contribution in [3.8, 4) is 0 Å². The Hall–Kier alpha value is -3.22. The number of nitrogens with one attached hydrogen (secondary N) is 1. The maximum Gasteiger partial charge on any atom is 0.254 e. The number of oxazole rings is 1. The van der Waals surface area contributed by atoms with Crippen LogP contribution in [0.4, 0.5) is 4.39 Å². The predicted molar refractivity (Wildman–Crippen MR) is 107 cm³/mol. The Labute approximate surface area is 170 Å². The van der Waals surface area contributed by atoms with Gasteiger partial charge in [-0.1, -0.05) is 60.1 Å². The Balaban J connectivity index is 1.66. The van der Waals surface area contributed by atoms with Crippen molar-refractivity contribution in [1.29, 1.82) is 0 Å². The second-order valence-electron chi connectivity index (χ2n) is 6.45. The van der Waals surface area contributed by atoms with Gasteiger partial charge in [-0.3, -0.25) is 4.79 Å². The molecule has 2 unspecified atom stereocenters. The molecule has 146 valence electrons. The highest BCUT2D eigenvalue weighted by Gasteiger charge is 2.26. The van der Waals surface area contributed by atoms with E-state index in [9.17, 15) is 14.3 Å². The van der Waals surface area contributed by atoms with Crippen molar-refractivity contribution in [2.24, 2.45) is 0 Å². The van der Waals surface area contributed by atoms with Crippen molar-refractivity contribution < 1.29 is 18.7 Å². The number of amides is 1. The monoisotopic (exact) mass is 410 g/mol. The molecule has 1 heterocycles. The SMILES string of the molecule is O=C(NC(c1ccccc1)c1nc2ccccc2o1)C(O)c1ccc(F)c(Cl)c1. The summed E-state index contributed by atoms with van der Waals surface area (Å²) < 4.78 is 19.2. The van der Waals surface area contributed by atoms with Crippen molar-refractivity contribution in [3.05, 3.63) is 101 Å². The topological polar surface area (TPSA) is 75.4 Å². The van der Waals surface area contributed by atoms with Crippen LogP contribution >= 0.6 is 11.6 Å². The van der Waals surface area contributed by atoms with Gasteiger partial charge in [-0.15, -0.1) is 0 Å². The van der Waals surface area contributed by atoms with Crippen molar-refractivity contribution in [1.82, 2.24) is 10.3 Å². The van der Waals surface area contributed by atoms with E-state index in [1.54, 1.807) is 6.07 Å². The normalized spacial score (nSPS) is 13.2. The number of para-hydroxylation sites is 2. The first kappa shape index (κ1) is 19.1. The largest absolute Gasteiger partial charge is 0.438 e. The molecule has 5 nitrogen and oxygen atoms in total. The van der Waals surface area contributed by atoms with E-state index in [1.165, 1.54) is 12.1 Å². The minimum absolute atomic E-state index is 0.173. The van der Waals surface area contributed by atoms with Crippen LogP contribution in [0.15, 0.2) is 77.2 Å². The fraction of sp³-hybridized carbons (Fsp3) is 0.0909. The van der Waals surface area contributed by atoms with Gasteiger partial charge < -0.3 is 14.8 Å². The molecule has 2 atom stereocenters. The van der Waals surface area contributed by atoms with Gasteiger partial charge in [0.2, 0.25) is 5.89 Å². The summed E-state index contributed by atoms with van der Waals surface area (Å²) in [5.74, 6) is -1.03. The van der Waals surface area contributed by atoms with Gasteiger partial charge in [0, 0.05) is 0 Å². The highest BCUT2D eigenvalue weighted by molar-refractivity contribution is 6.30. The van der Waals surface area contributed by atoms with Gasteiger partial charge in [-0.05, 0) is 35.4 Å². The van der Waals surface area contributed by atoms with E-state index < -0.39 is 23.9 Å². The summed E-state index contributed by atoms with van der Waals surface area (Å²) in [6.07, 6.45) is -1.54. The van der Waals surface area contributed by atoms with E-state index >= 15 is 0 Å².